The number of ether oxygens (including phenoxy) is 2. The first-order chi connectivity index (χ1) is 8.13. The molecule has 0 aromatic carbocycles. The lowest BCUT2D eigenvalue weighted by molar-refractivity contribution is 0.00531. The van der Waals surface area contributed by atoms with Gasteiger partial charge in [0.05, 0.1) is 24.8 Å². The van der Waals surface area contributed by atoms with Gasteiger partial charge in [-0.1, -0.05) is 13.8 Å². The summed E-state index contributed by atoms with van der Waals surface area (Å²) in [4.78, 5) is 4.38. The number of thiazole rings is 1. The summed E-state index contributed by atoms with van der Waals surface area (Å²) in [6, 6.07) is 0. The smallest absolute Gasteiger partial charge is 0.122 e. The molecule has 1 atom stereocenters. The standard InChI is InChI=1S/C12H20ClNO2S/c1-9(2)7-15-4-5-16-10(3)12-14-11(6-13)8-17-12/h8-10H,4-7H2,1-3H3. The molecule has 0 amide bonds. The van der Waals surface area contributed by atoms with Gasteiger partial charge in [0.2, 0.25) is 0 Å². The maximum absolute atomic E-state index is 5.70. The van der Waals surface area contributed by atoms with Crippen molar-refractivity contribution in [3.8, 4) is 0 Å². The van der Waals surface area contributed by atoms with Crippen molar-refractivity contribution >= 4 is 22.9 Å². The van der Waals surface area contributed by atoms with E-state index in [2.05, 4.69) is 18.8 Å². The van der Waals surface area contributed by atoms with E-state index in [1.54, 1.807) is 11.3 Å². The van der Waals surface area contributed by atoms with Gasteiger partial charge in [0.25, 0.3) is 0 Å². The molecule has 0 spiro atoms. The minimum atomic E-state index is 0.0135. The predicted octanol–water partition coefficient (Wildman–Crippen LogP) is 3.63. The molecule has 17 heavy (non-hydrogen) atoms. The second kappa shape index (κ2) is 8.03. The molecule has 0 saturated heterocycles. The van der Waals surface area contributed by atoms with E-state index in [1.165, 1.54) is 0 Å². The quantitative estimate of drug-likeness (QED) is 0.537. The van der Waals surface area contributed by atoms with Crippen LogP contribution in [0, 0.1) is 5.92 Å². The zero-order chi connectivity index (χ0) is 12.7. The number of rotatable bonds is 8. The molecule has 0 N–H and O–H groups in total. The van der Waals surface area contributed by atoms with Crippen LogP contribution in [0.3, 0.4) is 0 Å². The first-order valence-corrected chi connectivity index (χ1v) is 7.24. The lowest BCUT2D eigenvalue weighted by Crippen LogP contribution is -2.10. The highest BCUT2D eigenvalue weighted by Crippen LogP contribution is 2.21. The molecule has 98 valence electrons. The Morgan fingerprint density at radius 3 is 2.71 bits per heavy atom. The molecule has 0 aliphatic carbocycles. The van der Waals surface area contributed by atoms with E-state index in [0.29, 0.717) is 25.0 Å². The van der Waals surface area contributed by atoms with Crippen molar-refractivity contribution in [1.82, 2.24) is 4.98 Å². The molecule has 0 aliphatic heterocycles. The number of nitrogens with zero attached hydrogens (tertiary/aromatic N) is 1. The van der Waals surface area contributed by atoms with Crippen molar-refractivity contribution in [2.24, 2.45) is 5.92 Å². The van der Waals surface area contributed by atoms with Gasteiger partial charge in [0.1, 0.15) is 11.1 Å². The summed E-state index contributed by atoms with van der Waals surface area (Å²) in [6.45, 7) is 8.28. The lowest BCUT2D eigenvalue weighted by Gasteiger charge is -2.11. The largest absolute Gasteiger partial charge is 0.379 e. The van der Waals surface area contributed by atoms with E-state index < -0.39 is 0 Å². The Morgan fingerprint density at radius 1 is 1.35 bits per heavy atom. The van der Waals surface area contributed by atoms with E-state index in [4.69, 9.17) is 21.1 Å². The molecule has 5 heteroatoms. The highest BCUT2D eigenvalue weighted by Gasteiger charge is 2.10. The molecule has 1 aromatic heterocycles. The van der Waals surface area contributed by atoms with E-state index >= 15 is 0 Å². The maximum atomic E-state index is 5.70. The fourth-order valence-electron chi connectivity index (χ4n) is 1.24. The SMILES string of the molecule is CC(C)COCCOC(C)c1nc(CCl)cs1. The summed E-state index contributed by atoms with van der Waals surface area (Å²) in [5.74, 6) is 1.03. The molecule has 1 rings (SSSR count). The zero-order valence-electron chi connectivity index (χ0n) is 10.6. The van der Waals surface area contributed by atoms with Gasteiger partial charge in [-0.3, -0.25) is 0 Å². The molecule has 1 unspecified atom stereocenters. The normalized spacial score (nSPS) is 13.2. The van der Waals surface area contributed by atoms with Crippen LogP contribution in [0.25, 0.3) is 0 Å². The van der Waals surface area contributed by atoms with Crippen molar-refractivity contribution in [2.75, 3.05) is 19.8 Å². The molecule has 1 aromatic rings. The fourth-order valence-corrected chi connectivity index (χ4v) is 2.30. The minimum absolute atomic E-state index is 0.0135. The van der Waals surface area contributed by atoms with Crippen LogP contribution in [-0.2, 0) is 15.4 Å². The average molecular weight is 278 g/mol. The van der Waals surface area contributed by atoms with Crippen molar-refractivity contribution in [3.05, 3.63) is 16.1 Å². The second-order valence-corrected chi connectivity index (χ2v) is 5.45. The lowest BCUT2D eigenvalue weighted by atomic mass is 10.2. The summed E-state index contributed by atoms with van der Waals surface area (Å²) in [5, 5.41) is 2.95. The van der Waals surface area contributed by atoms with Gasteiger partial charge in [-0.15, -0.1) is 22.9 Å². The molecule has 0 saturated carbocycles. The topological polar surface area (TPSA) is 31.4 Å². The van der Waals surface area contributed by atoms with E-state index in [-0.39, 0.29) is 6.10 Å². The average Bonchev–Trinajstić information content (AvgIpc) is 2.76. The van der Waals surface area contributed by atoms with Crippen molar-refractivity contribution in [3.63, 3.8) is 0 Å². The predicted molar refractivity (Wildman–Crippen MR) is 71.7 cm³/mol. The molecule has 1 heterocycles. The Bertz CT molecular complexity index is 317. The van der Waals surface area contributed by atoms with Gasteiger partial charge in [0.15, 0.2) is 0 Å². The van der Waals surface area contributed by atoms with Gasteiger partial charge in [-0.2, -0.15) is 0 Å². The monoisotopic (exact) mass is 277 g/mol. The fraction of sp³-hybridized carbons (Fsp3) is 0.750. The van der Waals surface area contributed by atoms with Gasteiger partial charge < -0.3 is 9.47 Å². The van der Waals surface area contributed by atoms with Crippen LogP contribution in [0.1, 0.15) is 37.6 Å². The van der Waals surface area contributed by atoms with Crippen LogP contribution in [0.4, 0.5) is 0 Å². The Hall–Kier alpha value is -0.160. The number of aromatic nitrogens is 1. The number of halogens is 1. The van der Waals surface area contributed by atoms with E-state index in [1.807, 2.05) is 12.3 Å². The number of hydrogen-bond acceptors (Lipinski definition) is 4. The molecule has 0 fully saturated rings. The van der Waals surface area contributed by atoms with Gasteiger partial charge >= 0.3 is 0 Å². The van der Waals surface area contributed by atoms with Crippen molar-refractivity contribution < 1.29 is 9.47 Å². The van der Waals surface area contributed by atoms with Crippen LogP contribution < -0.4 is 0 Å². The molecular formula is C12H20ClNO2S. The highest BCUT2D eigenvalue weighted by molar-refractivity contribution is 7.09. The van der Waals surface area contributed by atoms with E-state index in [0.717, 1.165) is 17.3 Å². The summed E-state index contributed by atoms with van der Waals surface area (Å²) in [6.07, 6.45) is 0.0135. The summed E-state index contributed by atoms with van der Waals surface area (Å²) in [5.41, 5.74) is 0.915. The molecular weight excluding hydrogens is 258 g/mol. The summed E-state index contributed by atoms with van der Waals surface area (Å²) < 4.78 is 11.1. The van der Waals surface area contributed by atoms with Crippen LogP contribution in [0.2, 0.25) is 0 Å². The van der Waals surface area contributed by atoms with Gasteiger partial charge in [0, 0.05) is 12.0 Å². The molecule has 0 radical (unpaired) electrons. The van der Waals surface area contributed by atoms with Crippen molar-refractivity contribution in [2.45, 2.75) is 32.8 Å². The molecule has 0 aliphatic rings. The minimum Gasteiger partial charge on any atom is -0.379 e. The summed E-state index contributed by atoms with van der Waals surface area (Å²) >= 11 is 7.29. The van der Waals surface area contributed by atoms with Crippen molar-refractivity contribution in [1.29, 1.82) is 0 Å². The van der Waals surface area contributed by atoms with Gasteiger partial charge in [-0.05, 0) is 12.8 Å². The van der Waals surface area contributed by atoms with Crippen LogP contribution in [-0.4, -0.2) is 24.8 Å². The zero-order valence-corrected chi connectivity index (χ0v) is 12.2. The number of hydrogen-bond donors (Lipinski definition) is 0. The third-order valence-corrected chi connectivity index (χ3v) is 3.43. The first-order valence-electron chi connectivity index (χ1n) is 5.83. The Labute approximate surface area is 112 Å². The van der Waals surface area contributed by atoms with Gasteiger partial charge in [-0.25, -0.2) is 4.98 Å². The Morgan fingerprint density at radius 2 is 2.12 bits per heavy atom. The molecule has 3 nitrogen and oxygen atoms in total. The highest BCUT2D eigenvalue weighted by atomic mass is 35.5. The third kappa shape index (κ3) is 5.82. The van der Waals surface area contributed by atoms with E-state index in [9.17, 15) is 0 Å². The van der Waals surface area contributed by atoms with Crippen LogP contribution in [0.5, 0.6) is 0 Å². The van der Waals surface area contributed by atoms with Crippen LogP contribution >= 0.6 is 22.9 Å². The van der Waals surface area contributed by atoms with Crippen LogP contribution in [0.15, 0.2) is 5.38 Å². The Balaban J connectivity index is 2.18. The third-order valence-electron chi connectivity index (χ3n) is 2.10. The number of alkyl halides is 1. The summed E-state index contributed by atoms with van der Waals surface area (Å²) in [7, 11) is 0. The maximum Gasteiger partial charge on any atom is 0.122 e. The first kappa shape index (κ1) is 14.9. The molecule has 0 bridgehead atoms. The second-order valence-electron chi connectivity index (χ2n) is 4.29. The Kier molecular flexibility index (Phi) is 7.04.